The summed E-state index contributed by atoms with van der Waals surface area (Å²) in [6.45, 7) is 3.63. The molecule has 0 aliphatic rings. The van der Waals surface area contributed by atoms with Crippen LogP contribution in [0.25, 0.3) is 0 Å². The highest BCUT2D eigenvalue weighted by atomic mass is 32.1. The second kappa shape index (κ2) is 7.46. The van der Waals surface area contributed by atoms with Gasteiger partial charge < -0.3 is 10.4 Å². The van der Waals surface area contributed by atoms with E-state index in [1.54, 1.807) is 25.3 Å². The van der Waals surface area contributed by atoms with E-state index in [2.05, 4.69) is 20.8 Å². The highest BCUT2D eigenvalue weighted by Gasteiger charge is 2.06. The van der Waals surface area contributed by atoms with Crippen molar-refractivity contribution in [3.63, 3.8) is 0 Å². The van der Waals surface area contributed by atoms with Gasteiger partial charge in [-0.3, -0.25) is 10.4 Å². The Hall–Kier alpha value is -2.80. The zero-order valence-electron chi connectivity index (χ0n) is 12.7. The molecular weight excluding hydrogens is 312 g/mol. The molecule has 7 heteroatoms. The van der Waals surface area contributed by atoms with Gasteiger partial charge in [-0.15, -0.1) is 0 Å². The van der Waals surface area contributed by atoms with E-state index in [1.807, 2.05) is 25.1 Å². The summed E-state index contributed by atoms with van der Waals surface area (Å²) >= 11 is 5.18. The van der Waals surface area contributed by atoms with Crippen molar-refractivity contribution in [1.29, 1.82) is 0 Å². The molecule has 0 amide bonds. The maximum atomic E-state index is 10.9. The van der Waals surface area contributed by atoms with E-state index in [-0.39, 0.29) is 5.56 Å². The summed E-state index contributed by atoms with van der Waals surface area (Å²) in [5.41, 5.74) is 5.93. The molecule has 2 aromatic rings. The first-order valence-corrected chi connectivity index (χ1v) is 7.25. The summed E-state index contributed by atoms with van der Waals surface area (Å²) in [4.78, 5) is 15.1. The van der Waals surface area contributed by atoms with Crippen LogP contribution in [0.3, 0.4) is 0 Å². The van der Waals surface area contributed by atoms with E-state index < -0.39 is 5.97 Å². The molecule has 0 saturated heterocycles. The van der Waals surface area contributed by atoms with Gasteiger partial charge >= 0.3 is 5.97 Å². The number of nitrogens with one attached hydrogen (secondary N) is 2. The molecule has 0 bridgehead atoms. The minimum Gasteiger partial charge on any atom is -0.478 e. The highest BCUT2D eigenvalue weighted by molar-refractivity contribution is 7.80. The lowest BCUT2D eigenvalue weighted by Crippen LogP contribution is -2.25. The van der Waals surface area contributed by atoms with Crippen LogP contribution >= 0.6 is 12.2 Å². The van der Waals surface area contributed by atoms with E-state index >= 15 is 0 Å². The molecule has 3 N–H and O–H groups in total. The molecule has 118 valence electrons. The summed E-state index contributed by atoms with van der Waals surface area (Å²) in [6.07, 6.45) is 1.69. The number of pyridine rings is 1. The summed E-state index contributed by atoms with van der Waals surface area (Å²) in [7, 11) is 0. The Bertz CT molecular complexity index is 760. The number of carboxylic acids is 1. The van der Waals surface area contributed by atoms with Crippen LogP contribution in [0, 0.1) is 6.92 Å². The van der Waals surface area contributed by atoms with Gasteiger partial charge in [-0.25, -0.2) is 4.79 Å². The Morgan fingerprint density at radius 2 is 2.09 bits per heavy atom. The van der Waals surface area contributed by atoms with Crippen LogP contribution in [0.5, 0.6) is 0 Å². The number of aromatic nitrogens is 1. The lowest BCUT2D eigenvalue weighted by molar-refractivity contribution is 0.0697. The molecule has 0 spiro atoms. The number of aromatic carboxylic acids is 1. The van der Waals surface area contributed by atoms with Crippen molar-refractivity contribution in [2.75, 3.05) is 5.32 Å². The number of thiocarbonyl (C=S) groups is 1. The predicted molar refractivity (Wildman–Crippen MR) is 93.9 cm³/mol. The number of rotatable bonds is 4. The second-order valence-corrected chi connectivity index (χ2v) is 5.22. The van der Waals surface area contributed by atoms with Gasteiger partial charge in [-0.1, -0.05) is 6.07 Å². The van der Waals surface area contributed by atoms with Crippen LogP contribution in [0.15, 0.2) is 47.7 Å². The van der Waals surface area contributed by atoms with E-state index in [0.717, 1.165) is 16.9 Å². The van der Waals surface area contributed by atoms with Gasteiger partial charge in [0.2, 0.25) is 0 Å². The summed E-state index contributed by atoms with van der Waals surface area (Å²) < 4.78 is 0. The number of carboxylic acid groups (broad SMARTS) is 1. The quantitative estimate of drug-likeness (QED) is 0.454. The molecule has 2 rings (SSSR count). The zero-order chi connectivity index (χ0) is 16.8. The fourth-order valence-corrected chi connectivity index (χ4v) is 2.01. The molecule has 0 unspecified atom stereocenters. The Morgan fingerprint density at radius 3 is 2.70 bits per heavy atom. The van der Waals surface area contributed by atoms with Crippen molar-refractivity contribution in [3.8, 4) is 0 Å². The SMILES string of the molecule is C/C(=N/NC(=S)Nc1ccc(C(=O)O)cc1C)c1ccccn1. The predicted octanol–water partition coefficient (Wildman–Crippen LogP) is 2.80. The first-order valence-electron chi connectivity index (χ1n) is 6.84. The van der Waals surface area contributed by atoms with Gasteiger partial charge in [0.1, 0.15) is 0 Å². The molecule has 0 radical (unpaired) electrons. The van der Waals surface area contributed by atoms with Gasteiger partial charge in [0.25, 0.3) is 0 Å². The summed E-state index contributed by atoms with van der Waals surface area (Å²) in [5.74, 6) is -0.962. The molecule has 23 heavy (non-hydrogen) atoms. The van der Waals surface area contributed by atoms with Gasteiger partial charge in [0, 0.05) is 11.9 Å². The fraction of sp³-hybridized carbons (Fsp3) is 0.125. The third-order valence-corrected chi connectivity index (χ3v) is 3.28. The Labute approximate surface area is 139 Å². The van der Waals surface area contributed by atoms with Crippen LogP contribution in [0.1, 0.15) is 28.5 Å². The van der Waals surface area contributed by atoms with Crippen LogP contribution in [0.2, 0.25) is 0 Å². The van der Waals surface area contributed by atoms with Crippen LogP contribution in [-0.2, 0) is 0 Å². The van der Waals surface area contributed by atoms with Gasteiger partial charge in [-0.2, -0.15) is 5.10 Å². The average Bonchev–Trinajstić information content (AvgIpc) is 2.55. The number of aryl methyl sites for hydroxylation is 1. The Kier molecular flexibility index (Phi) is 5.37. The number of carbonyl (C=O) groups is 1. The molecule has 1 aromatic heterocycles. The van der Waals surface area contributed by atoms with E-state index in [9.17, 15) is 4.79 Å². The molecular formula is C16H16N4O2S. The fourth-order valence-electron chi connectivity index (χ4n) is 1.86. The van der Waals surface area contributed by atoms with Gasteiger partial charge in [0.05, 0.1) is 17.0 Å². The minimum absolute atomic E-state index is 0.232. The summed E-state index contributed by atoms with van der Waals surface area (Å²) in [5, 5.41) is 16.4. The molecule has 0 aliphatic carbocycles. The van der Waals surface area contributed by atoms with Crippen molar-refractivity contribution in [1.82, 2.24) is 10.4 Å². The van der Waals surface area contributed by atoms with Crippen LogP contribution in [0.4, 0.5) is 5.69 Å². The standard InChI is InChI=1S/C16H16N4O2S/c1-10-9-12(15(21)22)6-7-13(10)18-16(23)20-19-11(2)14-5-3-4-8-17-14/h3-9H,1-2H3,(H,21,22)(H2,18,20,23)/b19-11-. The summed E-state index contributed by atoms with van der Waals surface area (Å²) in [6, 6.07) is 10.3. The normalized spacial score (nSPS) is 11.0. The first kappa shape index (κ1) is 16.6. The number of hydrogen-bond donors (Lipinski definition) is 3. The topological polar surface area (TPSA) is 86.6 Å². The van der Waals surface area contributed by atoms with Gasteiger partial charge in [-0.05, 0) is 62.0 Å². The van der Waals surface area contributed by atoms with Crippen molar-refractivity contribution < 1.29 is 9.90 Å². The highest BCUT2D eigenvalue weighted by Crippen LogP contribution is 2.16. The number of anilines is 1. The molecule has 0 atom stereocenters. The first-order chi connectivity index (χ1) is 11.0. The second-order valence-electron chi connectivity index (χ2n) is 4.81. The molecule has 1 aromatic carbocycles. The van der Waals surface area contributed by atoms with Gasteiger partial charge in [0.15, 0.2) is 5.11 Å². The lowest BCUT2D eigenvalue weighted by atomic mass is 10.1. The number of benzene rings is 1. The van der Waals surface area contributed by atoms with Crippen molar-refractivity contribution in [3.05, 3.63) is 59.4 Å². The van der Waals surface area contributed by atoms with E-state index in [4.69, 9.17) is 17.3 Å². The minimum atomic E-state index is -0.962. The van der Waals surface area contributed by atoms with Crippen molar-refractivity contribution in [2.45, 2.75) is 13.8 Å². The van der Waals surface area contributed by atoms with E-state index in [0.29, 0.717) is 10.8 Å². The Balaban J connectivity index is 2.01. The maximum absolute atomic E-state index is 10.9. The molecule has 1 heterocycles. The lowest BCUT2D eigenvalue weighted by Gasteiger charge is -2.11. The van der Waals surface area contributed by atoms with Crippen LogP contribution in [-0.4, -0.2) is 26.9 Å². The van der Waals surface area contributed by atoms with Crippen molar-refractivity contribution in [2.24, 2.45) is 5.10 Å². The molecule has 0 aliphatic heterocycles. The van der Waals surface area contributed by atoms with E-state index in [1.165, 1.54) is 6.07 Å². The average molecular weight is 328 g/mol. The number of hydrogen-bond acceptors (Lipinski definition) is 4. The maximum Gasteiger partial charge on any atom is 0.335 e. The Morgan fingerprint density at radius 1 is 1.30 bits per heavy atom. The zero-order valence-corrected chi connectivity index (χ0v) is 13.5. The number of hydrazone groups is 1. The smallest absolute Gasteiger partial charge is 0.335 e. The monoisotopic (exact) mass is 328 g/mol. The van der Waals surface area contributed by atoms with Crippen LogP contribution < -0.4 is 10.7 Å². The molecule has 6 nitrogen and oxygen atoms in total. The molecule has 0 saturated carbocycles. The number of nitrogens with zero attached hydrogens (tertiary/aromatic N) is 2. The largest absolute Gasteiger partial charge is 0.478 e. The molecule has 0 fully saturated rings. The van der Waals surface area contributed by atoms with Crippen molar-refractivity contribution >= 4 is 34.7 Å². The third-order valence-electron chi connectivity index (χ3n) is 3.08. The third kappa shape index (κ3) is 4.58.